The van der Waals surface area contributed by atoms with Crippen molar-refractivity contribution < 1.29 is 32.3 Å². The molecule has 7 nitrogen and oxygen atoms in total. The Morgan fingerprint density at radius 2 is 2.03 bits per heavy atom. The van der Waals surface area contributed by atoms with Crippen molar-refractivity contribution in [2.45, 2.75) is 38.9 Å². The number of nitrogens with zero attached hydrogens (tertiary/aromatic N) is 3. The number of halogens is 3. The van der Waals surface area contributed by atoms with Crippen LogP contribution in [0.5, 0.6) is 0 Å². The van der Waals surface area contributed by atoms with Crippen molar-refractivity contribution in [3.63, 3.8) is 0 Å². The molecule has 0 radical (unpaired) electrons. The van der Waals surface area contributed by atoms with Crippen LogP contribution >= 0.6 is 11.3 Å². The maximum atomic E-state index is 12.7. The number of hydrogen-bond acceptors (Lipinski definition) is 6. The number of amides is 1. The molecule has 11 heteroatoms. The summed E-state index contributed by atoms with van der Waals surface area (Å²) in [7, 11) is 0. The van der Waals surface area contributed by atoms with Crippen LogP contribution in [0.4, 0.5) is 13.2 Å². The average Bonchev–Trinajstić information content (AvgIpc) is 3.44. The van der Waals surface area contributed by atoms with Gasteiger partial charge in [-0.05, 0) is 38.8 Å². The predicted octanol–water partition coefficient (Wildman–Crippen LogP) is 3.81. The van der Waals surface area contributed by atoms with E-state index >= 15 is 0 Å². The second kappa shape index (κ2) is 9.39. The lowest BCUT2D eigenvalue weighted by Crippen LogP contribution is -2.45. The molecule has 31 heavy (non-hydrogen) atoms. The predicted molar refractivity (Wildman–Crippen MR) is 107 cm³/mol. The Balaban J connectivity index is 0.000000339. The van der Waals surface area contributed by atoms with Gasteiger partial charge in [-0.15, -0.1) is 11.3 Å². The van der Waals surface area contributed by atoms with Crippen LogP contribution < -0.4 is 0 Å². The van der Waals surface area contributed by atoms with E-state index in [1.807, 2.05) is 23.4 Å². The van der Waals surface area contributed by atoms with Gasteiger partial charge in [0.25, 0.3) is 5.91 Å². The Hall–Kier alpha value is -2.40. The first-order chi connectivity index (χ1) is 14.6. The number of carboxylic acids is 1. The molecule has 1 atom stereocenters. The SMILES string of the molecule is Cc1occc1C(=O)N1CCC2(CCCN(Cc3nccs3)C2)C1.O=C(O)C(F)(F)F. The molecule has 2 aliphatic rings. The number of piperidine rings is 1. The van der Waals surface area contributed by atoms with E-state index in [2.05, 4.69) is 9.88 Å². The average molecular weight is 459 g/mol. The van der Waals surface area contributed by atoms with E-state index in [1.165, 1.54) is 17.8 Å². The molecule has 2 fully saturated rings. The number of rotatable bonds is 3. The van der Waals surface area contributed by atoms with Crippen LogP contribution in [-0.2, 0) is 11.3 Å². The van der Waals surface area contributed by atoms with E-state index in [1.54, 1.807) is 23.7 Å². The van der Waals surface area contributed by atoms with Crippen LogP contribution in [0.1, 0.15) is 40.4 Å². The molecule has 1 unspecified atom stereocenters. The Morgan fingerprint density at radius 3 is 2.61 bits per heavy atom. The molecule has 4 rings (SSSR count). The van der Waals surface area contributed by atoms with Gasteiger partial charge in [-0.25, -0.2) is 9.78 Å². The molecule has 1 N–H and O–H groups in total. The molecule has 0 aliphatic carbocycles. The molecule has 4 heterocycles. The zero-order valence-electron chi connectivity index (χ0n) is 17.0. The number of carbonyl (C=O) groups excluding carboxylic acids is 1. The minimum atomic E-state index is -5.08. The summed E-state index contributed by atoms with van der Waals surface area (Å²) < 4.78 is 37.0. The number of furan rings is 1. The number of aryl methyl sites for hydroxylation is 1. The van der Waals surface area contributed by atoms with E-state index in [4.69, 9.17) is 14.3 Å². The lowest BCUT2D eigenvalue weighted by Gasteiger charge is -2.40. The first kappa shape index (κ1) is 23.3. The summed E-state index contributed by atoms with van der Waals surface area (Å²) in [6.07, 6.45) is 1.92. The number of hydrogen-bond donors (Lipinski definition) is 1. The zero-order chi connectivity index (χ0) is 22.6. The number of alkyl halides is 3. The van der Waals surface area contributed by atoms with Crippen LogP contribution in [0.2, 0.25) is 0 Å². The summed E-state index contributed by atoms with van der Waals surface area (Å²) in [6, 6.07) is 1.79. The number of aromatic nitrogens is 1. The number of thiazole rings is 1. The molecule has 1 amide bonds. The molecule has 2 aromatic heterocycles. The summed E-state index contributed by atoms with van der Waals surface area (Å²) in [5.74, 6) is -1.92. The van der Waals surface area contributed by atoms with Gasteiger partial charge in [0.15, 0.2) is 0 Å². The fourth-order valence-corrected chi connectivity index (χ4v) is 4.84. The van der Waals surface area contributed by atoms with Gasteiger partial charge in [0.1, 0.15) is 10.8 Å². The van der Waals surface area contributed by atoms with Crippen molar-refractivity contribution in [3.05, 3.63) is 40.2 Å². The first-order valence-electron chi connectivity index (χ1n) is 9.84. The fraction of sp³-hybridized carbons (Fsp3) is 0.550. The number of aliphatic carboxylic acids is 1. The second-order valence-corrected chi connectivity index (χ2v) is 8.89. The highest BCUT2D eigenvalue weighted by molar-refractivity contribution is 7.09. The molecular weight excluding hydrogens is 435 g/mol. The third kappa shape index (κ3) is 5.85. The van der Waals surface area contributed by atoms with Crippen LogP contribution in [0, 0.1) is 12.3 Å². The molecule has 0 bridgehead atoms. The third-order valence-corrected chi connectivity index (χ3v) is 6.40. The lowest BCUT2D eigenvalue weighted by atomic mass is 9.79. The number of carbonyl (C=O) groups is 2. The van der Waals surface area contributed by atoms with Crippen LogP contribution in [-0.4, -0.2) is 64.1 Å². The standard InChI is InChI=1S/C18H23N3O2S.C2HF3O2/c1-14-15(3-9-23-14)17(22)21-8-5-18(13-21)4-2-7-20(12-18)11-16-19-6-10-24-16;3-2(4,5)1(6)7/h3,6,9-10H,2,4-5,7-8,11-13H2,1H3;(H,6,7). The van der Waals surface area contributed by atoms with Gasteiger partial charge in [0.2, 0.25) is 0 Å². The molecule has 2 aliphatic heterocycles. The molecule has 0 saturated carbocycles. The Morgan fingerprint density at radius 1 is 1.29 bits per heavy atom. The summed E-state index contributed by atoms with van der Waals surface area (Å²) in [6.45, 7) is 6.72. The van der Waals surface area contributed by atoms with E-state index in [0.29, 0.717) is 5.56 Å². The van der Waals surface area contributed by atoms with E-state index in [-0.39, 0.29) is 11.3 Å². The number of carboxylic acid groups (broad SMARTS) is 1. The molecule has 0 aromatic carbocycles. The third-order valence-electron chi connectivity index (χ3n) is 5.64. The lowest BCUT2D eigenvalue weighted by molar-refractivity contribution is -0.192. The Bertz CT molecular complexity index is 900. The van der Waals surface area contributed by atoms with E-state index in [9.17, 15) is 18.0 Å². The van der Waals surface area contributed by atoms with Gasteiger partial charge in [0.05, 0.1) is 18.4 Å². The minimum absolute atomic E-state index is 0.121. The summed E-state index contributed by atoms with van der Waals surface area (Å²) >= 11 is 1.73. The molecule has 170 valence electrons. The van der Waals surface area contributed by atoms with Gasteiger partial charge in [-0.1, -0.05) is 0 Å². The van der Waals surface area contributed by atoms with Crippen LogP contribution in [0.15, 0.2) is 28.3 Å². The van der Waals surface area contributed by atoms with Gasteiger partial charge in [0, 0.05) is 36.6 Å². The largest absolute Gasteiger partial charge is 0.490 e. The normalized spacial score (nSPS) is 21.7. The topological polar surface area (TPSA) is 86.9 Å². The van der Waals surface area contributed by atoms with Crippen molar-refractivity contribution in [2.24, 2.45) is 5.41 Å². The maximum absolute atomic E-state index is 12.7. The van der Waals surface area contributed by atoms with E-state index in [0.717, 1.165) is 44.9 Å². The van der Waals surface area contributed by atoms with Gasteiger partial charge in [-0.3, -0.25) is 9.69 Å². The molecule has 2 aromatic rings. The van der Waals surface area contributed by atoms with E-state index < -0.39 is 12.1 Å². The second-order valence-electron chi connectivity index (χ2n) is 7.91. The highest BCUT2D eigenvalue weighted by atomic mass is 32.1. The van der Waals surface area contributed by atoms with Crippen molar-refractivity contribution in [2.75, 3.05) is 26.2 Å². The fourth-order valence-electron chi connectivity index (χ4n) is 4.19. The first-order valence-corrected chi connectivity index (χ1v) is 10.7. The smallest absolute Gasteiger partial charge is 0.475 e. The number of likely N-dealkylation sites (tertiary alicyclic amines) is 2. The minimum Gasteiger partial charge on any atom is -0.475 e. The van der Waals surface area contributed by atoms with Gasteiger partial charge < -0.3 is 14.4 Å². The highest BCUT2D eigenvalue weighted by Gasteiger charge is 2.43. The van der Waals surface area contributed by atoms with Crippen molar-refractivity contribution in [1.29, 1.82) is 0 Å². The maximum Gasteiger partial charge on any atom is 0.490 e. The Kier molecular flexibility index (Phi) is 7.05. The van der Waals surface area contributed by atoms with Crippen LogP contribution in [0.3, 0.4) is 0 Å². The molecular formula is C20H24F3N3O4S. The summed E-state index contributed by atoms with van der Waals surface area (Å²) in [4.78, 5) is 30.6. The zero-order valence-corrected chi connectivity index (χ0v) is 17.8. The summed E-state index contributed by atoms with van der Waals surface area (Å²) in [5.41, 5.74) is 0.963. The molecule has 1 spiro atoms. The molecule has 2 saturated heterocycles. The van der Waals surface area contributed by atoms with Crippen LogP contribution in [0.25, 0.3) is 0 Å². The van der Waals surface area contributed by atoms with Gasteiger partial charge >= 0.3 is 12.1 Å². The summed E-state index contributed by atoms with van der Waals surface area (Å²) in [5, 5.41) is 10.4. The monoisotopic (exact) mass is 459 g/mol. The van der Waals surface area contributed by atoms with Crippen molar-refractivity contribution in [1.82, 2.24) is 14.8 Å². The van der Waals surface area contributed by atoms with Crippen molar-refractivity contribution in [3.8, 4) is 0 Å². The van der Waals surface area contributed by atoms with Gasteiger partial charge in [-0.2, -0.15) is 13.2 Å². The highest BCUT2D eigenvalue weighted by Crippen LogP contribution is 2.40. The quantitative estimate of drug-likeness (QED) is 0.751. The van der Waals surface area contributed by atoms with Crippen molar-refractivity contribution >= 4 is 23.2 Å². The Labute approximate surface area is 181 Å².